The van der Waals surface area contributed by atoms with Gasteiger partial charge in [0.15, 0.2) is 5.76 Å². The number of nitro groups is 1. The van der Waals surface area contributed by atoms with Crippen molar-refractivity contribution in [3.8, 4) is 0 Å². The predicted octanol–water partition coefficient (Wildman–Crippen LogP) is 1.36. The molecule has 0 unspecified atom stereocenters. The molecule has 8 nitrogen and oxygen atoms in total. The minimum Gasteiger partial charge on any atom is -0.448 e. The molecule has 1 aliphatic rings. The Morgan fingerprint density at radius 3 is 3.00 bits per heavy atom. The Hall–Kier alpha value is -2.38. The average Bonchev–Trinajstić information content (AvgIpc) is 2.77. The van der Waals surface area contributed by atoms with Gasteiger partial charge in [0.1, 0.15) is 4.92 Å². The zero-order valence-corrected chi connectivity index (χ0v) is 8.74. The number of furan rings is 1. The van der Waals surface area contributed by atoms with Gasteiger partial charge in [-0.2, -0.15) is 10.1 Å². The molecule has 1 fully saturated rings. The second kappa shape index (κ2) is 4.64. The molecule has 2 rings (SSSR count). The third-order valence-corrected chi connectivity index (χ3v) is 2.07. The summed E-state index contributed by atoms with van der Waals surface area (Å²) < 4.78 is 9.60. The summed E-state index contributed by atoms with van der Waals surface area (Å²) in [4.78, 5) is 20.9. The quantitative estimate of drug-likeness (QED) is 0.450. The van der Waals surface area contributed by atoms with Gasteiger partial charge >= 0.3 is 12.0 Å². The van der Waals surface area contributed by atoms with Gasteiger partial charge in [0.25, 0.3) is 0 Å². The molecule has 8 heteroatoms. The van der Waals surface area contributed by atoms with Gasteiger partial charge < -0.3 is 9.15 Å². The number of hydrogen-bond donors (Lipinski definition) is 0. The second-order valence-electron chi connectivity index (χ2n) is 3.27. The van der Waals surface area contributed by atoms with Crippen molar-refractivity contribution in [2.75, 3.05) is 13.2 Å². The molecule has 0 atom stereocenters. The Morgan fingerprint density at radius 2 is 2.35 bits per heavy atom. The summed E-state index contributed by atoms with van der Waals surface area (Å²) in [5.74, 6) is -0.164. The molecule has 1 aromatic heterocycles. The highest BCUT2D eigenvalue weighted by atomic mass is 16.6. The lowest BCUT2D eigenvalue weighted by Gasteiger charge is -2.20. The fraction of sp³-hybridized carbons (Fsp3) is 0.333. The molecule has 90 valence electrons. The molecule has 1 aliphatic heterocycles. The molecule has 0 spiro atoms. The molecule has 0 saturated carbocycles. The van der Waals surface area contributed by atoms with Crippen LogP contribution in [0.2, 0.25) is 0 Å². The van der Waals surface area contributed by atoms with Crippen LogP contribution in [0, 0.1) is 10.1 Å². The van der Waals surface area contributed by atoms with Crippen molar-refractivity contribution in [1.29, 1.82) is 0 Å². The molecule has 1 amide bonds. The molecule has 1 saturated heterocycles. The summed E-state index contributed by atoms with van der Waals surface area (Å²) >= 11 is 0. The molecule has 2 heterocycles. The molecule has 0 aromatic carbocycles. The third-order valence-electron chi connectivity index (χ3n) is 2.07. The van der Waals surface area contributed by atoms with E-state index < -0.39 is 11.0 Å². The zero-order valence-electron chi connectivity index (χ0n) is 8.74. The van der Waals surface area contributed by atoms with Gasteiger partial charge in [0.2, 0.25) is 0 Å². The number of nitrogens with zero attached hydrogens (tertiary/aromatic N) is 3. The van der Waals surface area contributed by atoms with Crippen LogP contribution >= 0.6 is 0 Å². The van der Waals surface area contributed by atoms with Crippen LogP contribution in [0.5, 0.6) is 0 Å². The first-order valence-corrected chi connectivity index (χ1v) is 4.89. The van der Waals surface area contributed by atoms with Crippen molar-refractivity contribution in [1.82, 2.24) is 5.01 Å². The minimum atomic E-state index is -0.646. The molecule has 1 aromatic rings. The van der Waals surface area contributed by atoms with Gasteiger partial charge in [-0.05, 0) is 6.07 Å². The summed E-state index contributed by atoms with van der Waals surface area (Å²) in [6.07, 6.45) is 1.40. The monoisotopic (exact) mass is 239 g/mol. The Morgan fingerprint density at radius 1 is 1.53 bits per heavy atom. The highest BCUT2D eigenvalue weighted by molar-refractivity contribution is 5.78. The van der Waals surface area contributed by atoms with E-state index in [2.05, 4.69) is 5.10 Å². The van der Waals surface area contributed by atoms with Gasteiger partial charge in [-0.1, -0.05) is 0 Å². The van der Waals surface area contributed by atoms with E-state index in [1.54, 1.807) is 0 Å². The van der Waals surface area contributed by atoms with Crippen molar-refractivity contribution < 1.29 is 18.9 Å². The molecular weight excluding hydrogens is 230 g/mol. The van der Waals surface area contributed by atoms with E-state index in [1.165, 1.54) is 18.3 Å². The number of amides is 1. The van der Waals surface area contributed by atoms with E-state index in [0.29, 0.717) is 19.6 Å². The predicted molar refractivity (Wildman–Crippen MR) is 55.6 cm³/mol. The smallest absolute Gasteiger partial charge is 0.433 e. The fourth-order valence-electron chi connectivity index (χ4n) is 1.28. The average molecular weight is 239 g/mol. The number of cyclic esters (lactones) is 1. The summed E-state index contributed by atoms with van der Waals surface area (Å²) in [5.41, 5.74) is 0. The Balaban J connectivity index is 2.03. The minimum absolute atomic E-state index is 0.204. The van der Waals surface area contributed by atoms with E-state index in [-0.39, 0.29) is 11.6 Å². The second-order valence-corrected chi connectivity index (χ2v) is 3.27. The maximum Gasteiger partial charge on any atom is 0.433 e. The van der Waals surface area contributed by atoms with E-state index in [1.807, 2.05) is 0 Å². The maximum absolute atomic E-state index is 11.2. The largest absolute Gasteiger partial charge is 0.448 e. The fourth-order valence-corrected chi connectivity index (χ4v) is 1.28. The van der Waals surface area contributed by atoms with Crippen LogP contribution < -0.4 is 0 Å². The summed E-state index contributed by atoms with van der Waals surface area (Å²) in [6, 6.07) is 2.62. The maximum atomic E-state index is 11.2. The van der Waals surface area contributed by atoms with Crippen molar-refractivity contribution in [2.45, 2.75) is 6.42 Å². The van der Waals surface area contributed by atoms with Crippen LogP contribution in [0.1, 0.15) is 12.2 Å². The Labute approximate surface area is 95.6 Å². The van der Waals surface area contributed by atoms with E-state index in [4.69, 9.17) is 9.15 Å². The molecule has 0 N–H and O–H groups in total. The normalized spacial score (nSPS) is 16.2. The number of hydrogen-bond acceptors (Lipinski definition) is 6. The van der Waals surface area contributed by atoms with Crippen LogP contribution in [0.15, 0.2) is 21.7 Å². The van der Waals surface area contributed by atoms with Crippen molar-refractivity contribution in [2.24, 2.45) is 5.10 Å². The summed E-state index contributed by atoms with van der Waals surface area (Å²) in [5, 5.41) is 15.3. The van der Waals surface area contributed by atoms with Crippen LogP contribution in [-0.2, 0) is 4.74 Å². The summed E-state index contributed by atoms with van der Waals surface area (Å²) in [7, 11) is 0. The van der Waals surface area contributed by atoms with Crippen molar-refractivity contribution in [3.05, 3.63) is 28.0 Å². The highest BCUT2D eigenvalue weighted by Gasteiger charge is 2.18. The molecule has 0 bridgehead atoms. The SMILES string of the molecule is O=C1OCCCN1/N=C/c1ccc([N+](=O)[O-])o1. The van der Waals surface area contributed by atoms with Gasteiger partial charge in [0.05, 0.1) is 25.4 Å². The molecular formula is C9H9N3O5. The van der Waals surface area contributed by atoms with Crippen LogP contribution in [0.4, 0.5) is 10.7 Å². The van der Waals surface area contributed by atoms with Crippen molar-refractivity contribution >= 4 is 18.2 Å². The topological polar surface area (TPSA) is 98.2 Å². The lowest BCUT2D eigenvalue weighted by molar-refractivity contribution is -0.402. The molecule has 17 heavy (non-hydrogen) atoms. The molecule has 0 radical (unpaired) electrons. The molecule has 0 aliphatic carbocycles. The third kappa shape index (κ3) is 2.60. The number of rotatable bonds is 3. The number of hydrazone groups is 1. The Kier molecular flexibility index (Phi) is 3.03. The van der Waals surface area contributed by atoms with E-state index in [9.17, 15) is 14.9 Å². The lowest BCUT2D eigenvalue weighted by Crippen LogP contribution is -2.33. The van der Waals surface area contributed by atoms with Crippen LogP contribution in [-0.4, -0.2) is 35.4 Å². The van der Waals surface area contributed by atoms with Gasteiger partial charge in [-0.15, -0.1) is 0 Å². The Bertz CT molecular complexity index is 467. The lowest BCUT2D eigenvalue weighted by atomic mass is 10.4. The van der Waals surface area contributed by atoms with Gasteiger partial charge in [-0.25, -0.2) is 4.79 Å². The van der Waals surface area contributed by atoms with E-state index in [0.717, 1.165) is 5.01 Å². The van der Waals surface area contributed by atoms with Crippen LogP contribution in [0.25, 0.3) is 0 Å². The van der Waals surface area contributed by atoms with Gasteiger partial charge in [0, 0.05) is 6.42 Å². The summed E-state index contributed by atoms with van der Waals surface area (Å²) in [6.45, 7) is 0.842. The first-order chi connectivity index (χ1) is 8.16. The zero-order chi connectivity index (χ0) is 12.3. The number of carbonyl (C=O) groups excluding carboxylic acids is 1. The van der Waals surface area contributed by atoms with E-state index >= 15 is 0 Å². The first kappa shape index (κ1) is 11.1. The first-order valence-electron chi connectivity index (χ1n) is 4.89. The standard InChI is InChI=1S/C9H9N3O5/c13-9-11(4-1-5-16-9)10-6-7-2-3-8(17-7)12(14)15/h2-3,6H,1,4-5H2/b10-6+. The van der Waals surface area contributed by atoms with Gasteiger partial charge in [-0.3, -0.25) is 10.1 Å². The number of ether oxygens (including phenoxy) is 1. The highest BCUT2D eigenvalue weighted by Crippen LogP contribution is 2.14. The van der Waals surface area contributed by atoms with Crippen LogP contribution in [0.3, 0.4) is 0 Å². The van der Waals surface area contributed by atoms with Crippen molar-refractivity contribution in [3.63, 3.8) is 0 Å². The number of carbonyl (C=O) groups is 1.